The minimum absolute atomic E-state index is 0.380. The molecule has 18 heavy (non-hydrogen) atoms. The molecule has 0 saturated heterocycles. The van der Waals surface area contributed by atoms with Crippen LogP contribution < -0.4 is 16.6 Å². The maximum atomic E-state index is 11.0. The molecule has 0 unspecified atom stereocenters. The van der Waals surface area contributed by atoms with Crippen molar-refractivity contribution in [3.05, 3.63) is 0 Å². The first-order valence-electron chi connectivity index (χ1n) is 6.18. The van der Waals surface area contributed by atoms with Crippen LogP contribution in [0, 0.1) is 0 Å². The zero-order valence-electron chi connectivity index (χ0n) is 11.2. The van der Waals surface area contributed by atoms with Crippen LogP contribution in [-0.4, -0.2) is 30.4 Å². The molecule has 0 aromatic heterocycles. The number of hydrazine groups is 1. The average molecular weight is 263 g/mol. The Morgan fingerprint density at radius 1 is 1.17 bits per heavy atom. The largest absolute Gasteiger partial charge is 0.465 e. The Balaban J connectivity index is 0. The van der Waals surface area contributed by atoms with Crippen molar-refractivity contribution in [1.82, 2.24) is 10.9 Å². The third kappa shape index (κ3) is 24.0. The lowest BCUT2D eigenvalue weighted by Gasteiger charge is -2.07. The minimum atomic E-state index is -1.33. The molecule has 0 radical (unpaired) electrons. The highest BCUT2D eigenvalue weighted by Gasteiger charge is 1.98. The predicted molar refractivity (Wildman–Crippen MR) is 69.1 cm³/mol. The van der Waals surface area contributed by atoms with Crippen molar-refractivity contribution in [2.24, 2.45) is 5.73 Å². The molecule has 0 saturated carbocycles. The van der Waals surface area contributed by atoms with Gasteiger partial charge >= 0.3 is 12.2 Å². The van der Waals surface area contributed by atoms with E-state index in [9.17, 15) is 4.79 Å². The summed E-state index contributed by atoms with van der Waals surface area (Å²) in [5.74, 6) is 0. The van der Waals surface area contributed by atoms with E-state index in [1.807, 2.05) is 0 Å². The van der Waals surface area contributed by atoms with Crippen molar-refractivity contribution in [2.45, 2.75) is 46.0 Å². The summed E-state index contributed by atoms with van der Waals surface area (Å²) in [6.07, 6.45) is 3.68. The van der Waals surface area contributed by atoms with Gasteiger partial charge < -0.3 is 15.6 Å². The number of amides is 2. The molecule has 0 heterocycles. The van der Waals surface area contributed by atoms with Gasteiger partial charge in [0.2, 0.25) is 0 Å². The van der Waals surface area contributed by atoms with Crippen LogP contribution in [-0.2, 0) is 4.74 Å². The van der Waals surface area contributed by atoms with Gasteiger partial charge in [0.25, 0.3) is 0 Å². The molecular weight excluding hydrogens is 238 g/mol. The maximum absolute atomic E-state index is 11.0. The highest BCUT2D eigenvalue weighted by Crippen LogP contribution is 1.90. The number of nitrogens with two attached hydrogens (primary N) is 1. The number of carbonyl (C=O) groups is 2. The van der Waals surface area contributed by atoms with Crippen molar-refractivity contribution in [3.8, 4) is 0 Å². The molecule has 0 aliphatic rings. The highest BCUT2D eigenvalue weighted by molar-refractivity contribution is 5.66. The summed E-state index contributed by atoms with van der Waals surface area (Å²) < 4.78 is 4.88. The molecule has 0 atom stereocenters. The van der Waals surface area contributed by atoms with Crippen LogP contribution >= 0.6 is 0 Å². The molecule has 0 aliphatic heterocycles. The zero-order chi connectivity index (χ0) is 14.2. The van der Waals surface area contributed by atoms with E-state index in [0.717, 1.165) is 25.8 Å². The molecule has 7 heteroatoms. The van der Waals surface area contributed by atoms with Crippen LogP contribution in [0.15, 0.2) is 0 Å². The molecule has 0 aromatic rings. The summed E-state index contributed by atoms with van der Waals surface area (Å²) in [6.45, 7) is 5.51. The standard InChI is InChI=1S/C10H22N2O2.CH3NO2/c1-3-5-7-8-11-12-10(13)14-9-6-4-2;2-1(3)4/h11H,3-9H2,1-2H3,(H,12,13);2H2,(H,3,4). The van der Waals surface area contributed by atoms with Gasteiger partial charge in [-0.05, 0) is 12.8 Å². The third-order valence-corrected chi connectivity index (χ3v) is 1.83. The second-order valence-electron chi connectivity index (χ2n) is 3.59. The molecule has 108 valence electrons. The van der Waals surface area contributed by atoms with Crippen LogP contribution in [0.1, 0.15) is 46.0 Å². The molecule has 0 fully saturated rings. The molecule has 2 amide bonds. The molecule has 7 nitrogen and oxygen atoms in total. The van der Waals surface area contributed by atoms with E-state index in [4.69, 9.17) is 14.6 Å². The van der Waals surface area contributed by atoms with Crippen molar-refractivity contribution in [1.29, 1.82) is 0 Å². The fourth-order valence-corrected chi connectivity index (χ4v) is 0.943. The van der Waals surface area contributed by atoms with Gasteiger partial charge in [0.1, 0.15) is 0 Å². The van der Waals surface area contributed by atoms with E-state index in [1.165, 1.54) is 12.8 Å². The van der Waals surface area contributed by atoms with Gasteiger partial charge in [-0.25, -0.2) is 15.0 Å². The summed E-state index contributed by atoms with van der Waals surface area (Å²) in [6, 6.07) is 0. The second kappa shape index (κ2) is 15.5. The summed E-state index contributed by atoms with van der Waals surface area (Å²) >= 11 is 0. The predicted octanol–water partition coefficient (Wildman–Crippen LogP) is 1.83. The van der Waals surface area contributed by atoms with E-state index < -0.39 is 6.09 Å². The Kier molecular flexibility index (Phi) is 16.2. The molecule has 0 aromatic carbocycles. The maximum Gasteiger partial charge on any atom is 0.421 e. The number of primary amides is 1. The number of carbonyl (C=O) groups excluding carboxylic acids is 1. The van der Waals surface area contributed by atoms with Crippen molar-refractivity contribution in [2.75, 3.05) is 13.2 Å². The van der Waals surface area contributed by atoms with Crippen molar-refractivity contribution in [3.63, 3.8) is 0 Å². The van der Waals surface area contributed by atoms with E-state index >= 15 is 0 Å². The Bertz CT molecular complexity index is 208. The first-order chi connectivity index (χ1) is 8.54. The molecule has 0 aliphatic carbocycles. The van der Waals surface area contributed by atoms with Gasteiger partial charge in [0, 0.05) is 6.54 Å². The first-order valence-corrected chi connectivity index (χ1v) is 6.18. The quantitative estimate of drug-likeness (QED) is 0.394. The summed E-state index contributed by atoms with van der Waals surface area (Å²) in [5.41, 5.74) is 9.34. The number of ether oxygens (including phenoxy) is 1. The van der Waals surface area contributed by atoms with E-state index in [-0.39, 0.29) is 6.09 Å². The number of unbranched alkanes of at least 4 members (excludes halogenated alkanes) is 3. The van der Waals surface area contributed by atoms with Gasteiger partial charge in [0.05, 0.1) is 6.61 Å². The Labute approximate surface area is 108 Å². The van der Waals surface area contributed by atoms with Gasteiger partial charge in [-0.1, -0.05) is 33.1 Å². The lowest BCUT2D eigenvalue weighted by molar-refractivity contribution is 0.139. The number of nitrogens with one attached hydrogen (secondary N) is 2. The normalized spacial score (nSPS) is 9.00. The summed E-state index contributed by atoms with van der Waals surface area (Å²) in [7, 11) is 0. The smallest absolute Gasteiger partial charge is 0.421 e. The van der Waals surface area contributed by atoms with Crippen LogP contribution in [0.3, 0.4) is 0 Å². The van der Waals surface area contributed by atoms with Crippen molar-refractivity contribution >= 4 is 12.2 Å². The van der Waals surface area contributed by atoms with Gasteiger partial charge in [-0.15, -0.1) is 0 Å². The number of rotatable bonds is 8. The SMILES string of the molecule is CCCCCNNC(=O)OCCCC.NC(=O)O. The topological polar surface area (TPSA) is 114 Å². The van der Waals surface area contributed by atoms with Crippen LogP contribution in [0.2, 0.25) is 0 Å². The minimum Gasteiger partial charge on any atom is -0.465 e. The van der Waals surface area contributed by atoms with Gasteiger partial charge in [-0.2, -0.15) is 0 Å². The first kappa shape index (κ1) is 18.9. The molecule has 0 spiro atoms. The monoisotopic (exact) mass is 263 g/mol. The Morgan fingerprint density at radius 2 is 1.72 bits per heavy atom. The lowest BCUT2D eigenvalue weighted by Crippen LogP contribution is -2.38. The number of hydrogen-bond donors (Lipinski definition) is 4. The Morgan fingerprint density at radius 3 is 2.22 bits per heavy atom. The van der Waals surface area contributed by atoms with E-state index in [1.54, 1.807) is 0 Å². The molecule has 0 bridgehead atoms. The van der Waals surface area contributed by atoms with Crippen molar-refractivity contribution < 1.29 is 19.4 Å². The van der Waals surface area contributed by atoms with Gasteiger partial charge in [0.15, 0.2) is 0 Å². The highest BCUT2D eigenvalue weighted by atomic mass is 16.6. The molecule has 0 rings (SSSR count). The fourth-order valence-electron chi connectivity index (χ4n) is 0.943. The number of hydrogen-bond acceptors (Lipinski definition) is 4. The molecule has 5 N–H and O–H groups in total. The van der Waals surface area contributed by atoms with Crippen LogP contribution in [0.4, 0.5) is 9.59 Å². The van der Waals surface area contributed by atoms with Gasteiger partial charge in [-0.3, -0.25) is 5.43 Å². The zero-order valence-corrected chi connectivity index (χ0v) is 11.2. The summed E-state index contributed by atoms with van der Waals surface area (Å²) in [4.78, 5) is 19.7. The Hall–Kier alpha value is -1.50. The number of carboxylic acid groups (broad SMARTS) is 1. The van der Waals surface area contributed by atoms with Crippen LogP contribution in [0.5, 0.6) is 0 Å². The third-order valence-electron chi connectivity index (χ3n) is 1.83. The second-order valence-corrected chi connectivity index (χ2v) is 3.59. The lowest BCUT2D eigenvalue weighted by atomic mass is 10.2. The summed E-state index contributed by atoms with van der Waals surface area (Å²) in [5, 5.41) is 7.19. The van der Waals surface area contributed by atoms with E-state index in [0.29, 0.717) is 6.61 Å². The fraction of sp³-hybridized carbons (Fsp3) is 0.818. The molecular formula is C11H25N3O4. The van der Waals surface area contributed by atoms with Crippen LogP contribution in [0.25, 0.3) is 0 Å². The average Bonchev–Trinajstić information content (AvgIpc) is 2.28. The van der Waals surface area contributed by atoms with E-state index in [2.05, 4.69) is 30.4 Å².